The van der Waals surface area contributed by atoms with E-state index in [-0.39, 0.29) is 11.3 Å². The average molecular weight is 390 g/mol. The summed E-state index contributed by atoms with van der Waals surface area (Å²) in [6.07, 6.45) is 0. The van der Waals surface area contributed by atoms with Crippen molar-refractivity contribution < 1.29 is 14.3 Å². The first-order valence-electron chi connectivity index (χ1n) is 7.85. The van der Waals surface area contributed by atoms with Crippen LogP contribution in [0.4, 0.5) is 5.69 Å². The molecule has 0 bridgehead atoms. The van der Waals surface area contributed by atoms with Gasteiger partial charge in [0, 0.05) is 22.2 Å². The van der Waals surface area contributed by atoms with Gasteiger partial charge in [-0.3, -0.25) is 4.79 Å². The first kappa shape index (κ1) is 16.8. The Kier molecular flexibility index (Phi) is 4.54. The Labute approximate surface area is 150 Å². The third-order valence-electron chi connectivity index (χ3n) is 3.89. The maximum Gasteiger partial charge on any atom is 0.255 e. The molecule has 2 aromatic carbocycles. The predicted molar refractivity (Wildman–Crippen MR) is 98.2 cm³/mol. The Hall–Kier alpha value is -2.01. The van der Waals surface area contributed by atoms with E-state index >= 15 is 0 Å². The lowest BCUT2D eigenvalue weighted by molar-refractivity contribution is 0.102. The van der Waals surface area contributed by atoms with Crippen LogP contribution < -0.4 is 14.8 Å². The van der Waals surface area contributed by atoms with E-state index in [4.69, 9.17) is 9.47 Å². The van der Waals surface area contributed by atoms with E-state index in [9.17, 15) is 4.79 Å². The summed E-state index contributed by atoms with van der Waals surface area (Å²) < 4.78 is 11.8. The highest BCUT2D eigenvalue weighted by atomic mass is 79.9. The molecule has 3 rings (SSSR count). The Morgan fingerprint density at radius 1 is 1.04 bits per heavy atom. The molecule has 0 radical (unpaired) electrons. The van der Waals surface area contributed by atoms with Crippen molar-refractivity contribution in [2.24, 2.45) is 0 Å². The van der Waals surface area contributed by atoms with Crippen LogP contribution in [0.25, 0.3) is 0 Å². The van der Waals surface area contributed by atoms with Crippen LogP contribution in [0.1, 0.15) is 36.7 Å². The number of carbonyl (C=O) groups is 1. The molecule has 1 heterocycles. The van der Waals surface area contributed by atoms with Crippen molar-refractivity contribution in [2.45, 2.75) is 26.2 Å². The summed E-state index contributed by atoms with van der Waals surface area (Å²) in [5.41, 5.74) is 2.53. The summed E-state index contributed by atoms with van der Waals surface area (Å²) in [5.74, 6) is 1.16. The molecular weight excluding hydrogens is 370 g/mol. The van der Waals surface area contributed by atoms with E-state index in [1.807, 2.05) is 30.3 Å². The van der Waals surface area contributed by atoms with Crippen LogP contribution in [0.15, 0.2) is 40.9 Å². The van der Waals surface area contributed by atoms with Crippen molar-refractivity contribution >= 4 is 27.5 Å². The predicted octanol–water partition coefficient (Wildman–Crippen LogP) is 4.77. The summed E-state index contributed by atoms with van der Waals surface area (Å²) in [5, 5.41) is 2.91. The zero-order chi connectivity index (χ0) is 17.3. The molecule has 0 unspecified atom stereocenters. The van der Waals surface area contributed by atoms with Gasteiger partial charge in [-0.2, -0.15) is 0 Å². The molecule has 0 spiro atoms. The van der Waals surface area contributed by atoms with E-state index in [0.29, 0.717) is 36.0 Å². The number of rotatable bonds is 2. The third kappa shape index (κ3) is 3.56. The molecule has 126 valence electrons. The van der Waals surface area contributed by atoms with Crippen LogP contribution in [0.2, 0.25) is 0 Å². The fourth-order valence-corrected chi connectivity index (χ4v) is 2.90. The highest BCUT2D eigenvalue weighted by Crippen LogP contribution is 2.38. The average Bonchev–Trinajstić information content (AvgIpc) is 2.55. The van der Waals surface area contributed by atoms with E-state index < -0.39 is 0 Å². The number of amides is 1. The van der Waals surface area contributed by atoms with Gasteiger partial charge >= 0.3 is 0 Å². The molecule has 4 nitrogen and oxygen atoms in total. The molecule has 5 heteroatoms. The minimum absolute atomic E-state index is 0.0634. The number of ether oxygens (including phenoxy) is 2. The second kappa shape index (κ2) is 6.48. The molecule has 0 saturated heterocycles. The van der Waals surface area contributed by atoms with Crippen molar-refractivity contribution in [3.05, 3.63) is 52.0 Å². The molecule has 1 aliphatic rings. The van der Waals surface area contributed by atoms with Gasteiger partial charge in [-0.1, -0.05) is 32.9 Å². The molecule has 24 heavy (non-hydrogen) atoms. The normalized spacial score (nSPS) is 13.5. The van der Waals surface area contributed by atoms with Crippen LogP contribution in [0.5, 0.6) is 11.5 Å². The lowest BCUT2D eigenvalue weighted by atomic mass is 9.87. The van der Waals surface area contributed by atoms with Crippen molar-refractivity contribution in [2.75, 3.05) is 18.5 Å². The quantitative estimate of drug-likeness (QED) is 0.804. The van der Waals surface area contributed by atoms with Gasteiger partial charge in [0.1, 0.15) is 13.2 Å². The minimum Gasteiger partial charge on any atom is -0.486 e. The summed E-state index contributed by atoms with van der Waals surface area (Å²) in [4.78, 5) is 12.5. The van der Waals surface area contributed by atoms with Crippen molar-refractivity contribution in [3.8, 4) is 11.5 Å². The highest BCUT2D eigenvalue weighted by molar-refractivity contribution is 9.10. The van der Waals surface area contributed by atoms with Gasteiger partial charge in [0.25, 0.3) is 5.91 Å². The number of hydrogen-bond donors (Lipinski definition) is 1. The Morgan fingerprint density at radius 3 is 2.21 bits per heavy atom. The molecule has 0 aliphatic carbocycles. The van der Waals surface area contributed by atoms with Crippen molar-refractivity contribution in [1.29, 1.82) is 0 Å². The van der Waals surface area contributed by atoms with Gasteiger partial charge in [0.2, 0.25) is 0 Å². The zero-order valence-electron chi connectivity index (χ0n) is 14.0. The van der Waals surface area contributed by atoms with Gasteiger partial charge in [-0.25, -0.2) is 0 Å². The minimum atomic E-state index is -0.159. The number of fused-ring (bicyclic) bond motifs is 1. The molecule has 0 atom stereocenters. The van der Waals surface area contributed by atoms with E-state index in [1.165, 1.54) is 5.56 Å². The molecule has 0 saturated carbocycles. The van der Waals surface area contributed by atoms with Crippen LogP contribution in [-0.2, 0) is 5.41 Å². The largest absolute Gasteiger partial charge is 0.486 e. The standard InChI is InChI=1S/C19H20BrNO3/c1-19(2,3)13-6-4-12(5-7-13)18(22)21-15-11-17-16(10-14(15)20)23-8-9-24-17/h4-7,10-11H,8-9H2,1-3H3,(H,21,22). The second-order valence-electron chi connectivity index (χ2n) is 6.76. The SMILES string of the molecule is CC(C)(C)c1ccc(C(=O)Nc2cc3c(cc2Br)OCCO3)cc1. The number of hydrogen-bond acceptors (Lipinski definition) is 3. The number of nitrogens with one attached hydrogen (secondary N) is 1. The molecule has 0 fully saturated rings. The maximum atomic E-state index is 12.5. The Bertz CT molecular complexity index is 763. The number of anilines is 1. The molecular formula is C19H20BrNO3. The van der Waals surface area contributed by atoms with Gasteiger partial charge in [0.15, 0.2) is 11.5 Å². The molecule has 1 aliphatic heterocycles. The summed E-state index contributed by atoms with van der Waals surface area (Å²) in [7, 11) is 0. The van der Waals surface area contributed by atoms with Crippen LogP contribution in [-0.4, -0.2) is 19.1 Å². The summed E-state index contributed by atoms with van der Waals surface area (Å²) in [6.45, 7) is 7.48. The first-order valence-corrected chi connectivity index (χ1v) is 8.65. The molecule has 1 N–H and O–H groups in total. The van der Waals surface area contributed by atoms with Gasteiger partial charge < -0.3 is 14.8 Å². The van der Waals surface area contributed by atoms with Gasteiger partial charge in [-0.15, -0.1) is 0 Å². The molecule has 1 amide bonds. The number of benzene rings is 2. The Balaban J connectivity index is 1.80. The van der Waals surface area contributed by atoms with Crippen LogP contribution in [0.3, 0.4) is 0 Å². The number of halogens is 1. The highest BCUT2D eigenvalue weighted by Gasteiger charge is 2.18. The van der Waals surface area contributed by atoms with Gasteiger partial charge in [-0.05, 0) is 39.0 Å². The number of carbonyl (C=O) groups excluding carboxylic acids is 1. The van der Waals surface area contributed by atoms with Crippen LogP contribution in [0, 0.1) is 0 Å². The molecule has 0 aromatic heterocycles. The maximum absolute atomic E-state index is 12.5. The first-order chi connectivity index (χ1) is 11.3. The lowest BCUT2D eigenvalue weighted by Gasteiger charge is -2.20. The topological polar surface area (TPSA) is 47.6 Å². The zero-order valence-corrected chi connectivity index (χ0v) is 15.6. The van der Waals surface area contributed by atoms with E-state index in [0.717, 1.165) is 4.47 Å². The van der Waals surface area contributed by atoms with Crippen LogP contribution >= 0.6 is 15.9 Å². The fraction of sp³-hybridized carbons (Fsp3) is 0.316. The van der Waals surface area contributed by atoms with Gasteiger partial charge in [0.05, 0.1) is 5.69 Å². The molecule has 2 aromatic rings. The monoisotopic (exact) mass is 389 g/mol. The summed E-state index contributed by atoms with van der Waals surface area (Å²) in [6, 6.07) is 11.3. The second-order valence-corrected chi connectivity index (χ2v) is 7.61. The van der Waals surface area contributed by atoms with E-state index in [2.05, 4.69) is 42.0 Å². The van der Waals surface area contributed by atoms with Crippen molar-refractivity contribution in [1.82, 2.24) is 0 Å². The lowest BCUT2D eigenvalue weighted by Crippen LogP contribution is -2.17. The van der Waals surface area contributed by atoms with Crippen molar-refractivity contribution in [3.63, 3.8) is 0 Å². The van der Waals surface area contributed by atoms with E-state index in [1.54, 1.807) is 6.07 Å². The Morgan fingerprint density at radius 2 is 1.62 bits per heavy atom. The summed E-state index contributed by atoms with van der Waals surface area (Å²) >= 11 is 3.46. The fourth-order valence-electron chi connectivity index (χ4n) is 2.48. The third-order valence-corrected chi connectivity index (χ3v) is 4.55. The smallest absolute Gasteiger partial charge is 0.255 e.